The Balaban J connectivity index is 2.97. The molecule has 5 heteroatoms. The molecule has 0 bridgehead atoms. The lowest BCUT2D eigenvalue weighted by Gasteiger charge is -2.19. The van der Waals surface area contributed by atoms with Gasteiger partial charge in [-0.15, -0.1) is 0 Å². The van der Waals surface area contributed by atoms with Crippen molar-refractivity contribution in [1.29, 1.82) is 0 Å². The predicted molar refractivity (Wildman–Crippen MR) is 78.1 cm³/mol. The summed E-state index contributed by atoms with van der Waals surface area (Å²) in [5.74, 6) is 0. The van der Waals surface area contributed by atoms with Crippen molar-refractivity contribution >= 4 is 27.3 Å². The Morgan fingerprint density at radius 3 is 2.61 bits per heavy atom. The molecule has 18 heavy (non-hydrogen) atoms. The van der Waals surface area contributed by atoms with Gasteiger partial charge in [-0.25, -0.2) is 0 Å². The second kappa shape index (κ2) is 6.73. The first kappa shape index (κ1) is 15.0. The standard InChI is InChI=1S/C13H19BrN2O2/c1-4-6-10(5-2)15-12-7-9(3)13(16(17)18)8-11(12)14/h7-8,10,15H,4-6H2,1-3H3. The summed E-state index contributed by atoms with van der Waals surface area (Å²) in [4.78, 5) is 10.5. The molecule has 0 radical (unpaired) electrons. The number of halogens is 1. The van der Waals surface area contributed by atoms with Crippen LogP contribution < -0.4 is 5.32 Å². The number of aryl methyl sites for hydroxylation is 1. The van der Waals surface area contributed by atoms with Crippen molar-refractivity contribution in [3.63, 3.8) is 0 Å². The van der Waals surface area contributed by atoms with Crippen LogP contribution >= 0.6 is 15.9 Å². The largest absolute Gasteiger partial charge is 0.381 e. The highest BCUT2D eigenvalue weighted by atomic mass is 79.9. The topological polar surface area (TPSA) is 55.2 Å². The second-order valence-corrected chi connectivity index (χ2v) is 5.27. The Labute approximate surface area is 116 Å². The molecule has 0 heterocycles. The fourth-order valence-electron chi connectivity index (χ4n) is 1.93. The second-order valence-electron chi connectivity index (χ2n) is 4.41. The highest BCUT2D eigenvalue weighted by molar-refractivity contribution is 9.10. The third-order valence-corrected chi connectivity index (χ3v) is 3.63. The molecule has 1 aromatic rings. The van der Waals surface area contributed by atoms with E-state index in [0.29, 0.717) is 11.6 Å². The maximum atomic E-state index is 10.8. The molecule has 1 atom stereocenters. The van der Waals surface area contributed by atoms with Gasteiger partial charge in [0.15, 0.2) is 0 Å². The molecule has 0 spiro atoms. The van der Waals surface area contributed by atoms with E-state index in [0.717, 1.165) is 29.4 Å². The summed E-state index contributed by atoms with van der Waals surface area (Å²) in [5.41, 5.74) is 1.76. The highest BCUT2D eigenvalue weighted by Gasteiger charge is 2.15. The van der Waals surface area contributed by atoms with Crippen LogP contribution in [0.3, 0.4) is 0 Å². The molecule has 0 fully saturated rings. The molecular formula is C13H19BrN2O2. The van der Waals surface area contributed by atoms with E-state index in [1.807, 2.05) is 6.07 Å². The molecule has 0 aliphatic heterocycles. The quantitative estimate of drug-likeness (QED) is 0.614. The van der Waals surface area contributed by atoms with Crippen LogP contribution in [0.1, 0.15) is 38.7 Å². The SMILES string of the molecule is CCCC(CC)Nc1cc(C)c([N+](=O)[O-])cc1Br. The van der Waals surface area contributed by atoms with Crippen LogP contribution in [0.5, 0.6) is 0 Å². The third kappa shape index (κ3) is 3.70. The Hall–Kier alpha value is -1.10. The van der Waals surface area contributed by atoms with Gasteiger partial charge in [-0.05, 0) is 41.8 Å². The molecule has 1 rings (SSSR count). The molecular weight excluding hydrogens is 296 g/mol. The smallest absolute Gasteiger partial charge is 0.273 e. The lowest BCUT2D eigenvalue weighted by molar-refractivity contribution is -0.385. The number of nitrogens with zero attached hydrogens (tertiary/aromatic N) is 1. The molecule has 0 aromatic heterocycles. The molecule has 1 aromatic carbocycles. The average Bonchev–Trinajstić information content (AvgIpc) is 2.32. The van der Waals surface area contributed by atoms with Crippen LogP contribution in [0.25, 0.3) is 0 Å². The van der Waals surface area contributed by atoms with E-state index in [-0.39, 0.29) is 10.6 Å². The minimum Gasteiger partial charge on any atom is -0.381 e. The summed E-state index contributed by atoms with van der Waals surface area (Å²) < 4.78 is 0.745. The Bertz CT molecular complexity index is 435. The Morgan fingerprint density at radius 2 is 2.11 bits per heavy atom. The number of hydrogen-bond donors (Lipinski definition) is 1. The van der Waals surface area contributed by atoms with Gasteiger partial charge in [-0.2, -0.15) is 0 Å². The summed E-state index contributed by atoms with van der Waals surface area (Å²) in [7, 11) is 0. The zero-order valence-corrected chi connectivity index (χ0v) is 12.6. The van der Waals surface area contributed by atoms with Crippen LogP contribution in [-0.4, -0.2) is 11.0 Å². The fraction of sp³-hybridized carbons (Fsp3) is 0.538. The van der Waals surface area contributed by atoms with E-state index in [1.165, 1.54) is 0 Å². The van der Waals surface area contributed by atoms with Crippen LogP contribution in [0.15, 0.2) is 16.6 Å². The van der Waals surface area contributed by atoms with E-state index in [9.17, 15) is 10.1 Å². The maximum absolute atomic E-state index is 10.8. The van der Waals surface area contributed by atoms with E-state index in [4.69, 9.17) is 0 Å². The van der Waals surface area contributed by atoms with Gasteiger partial charge in [0.1, 0.15) is 0 Å². The number of benzene rings is 1. The first-order chi connectivity index (χ1) is 8.49. The first-order valence-corrected chi connectivity index (χ1v) is 6.99. The number of nitrogens with one attached hydrogen (secondary N) is 1. The lowest BCUT2D eigenvalue weighted by Crippen LogP contribution is -2.18. The number of anilines is 1. The summed E-state index contributed by atoms with van der Waals surface area (Å²) in [6.07, 6.45) is 3.25. The minimum absolute atomic E-state index is 0.149. The third-order valence-electron chi connectivity index (χ3n) is 2.97. The normalized spacial score (nSPS) is 12.2. The van der Waals surface area contributed by atoms with Gasteiger partial charge in [0.2, 0.25) is 0 Å². The highest BCUT2D eigenvalue weighted by Crippen LogP contribution is 2.31. The van der Waals surface area contributed by atoms with Gasteiger partial charge in [0.05, 0.1) is 4.92 Å². The van der Waals surface area contributed by atoms with Crippen LogP contribution in [0, 0.1) is 17.0 Å². The van der Waals surface area contributed by atoms with Crippen molar-refractivity contribution in [2.24, 2.45) is 0 Å². The van der Waals surface area contributed by atoms with Gasteiger partial charge in [0.25, 0.3) is 5.69 Å². The minimum atomic E-state index is -0.354. The van der Waals surface area contributed by atoms with E-state index >= 15 is 0 Å². The number of nitro benzene ring substituents is 1. The predicted octanol–water partition coefficient (Wildman–Crippen LogP) is 4.66. The molecule has 1 N–H and O–H groups in total. The maximum Gasteiger partial charge on any atom is 0.273 e. The van der Waals surface area contributed by atoms with Gasteiger partial charge < -0.3 is 5.32 Å². The summed E-state index contributed by atoms with van der Waals surface area (Å²) in [6.45, 7) is 6.05. The van der Waals surface area contributed by atoms with Gasteiger partial charge in [-0.3, -0.25) is 10.1 Å². The molecule has 4 nitrogen and oxygen atoms in total. The summed E-state index contributed by atoms with van der Waals surface area (Å²) in [5, 5.41) is 14.3. The van der Waals surface area contributed by atoms with Gasteiger partial charge in [-0.1, -0.05) is 20.3 Å². The number of rotatable bonds is 6. The Morgan fingerprint density at radius 1 is 1.44 bits per heavy atom. The molecule has 0 aliphatic carbocycles. The molecule has 0 saturated carbocycles. The number of hydrogen-bond acceptors (Lipinski definition) is 3. The summed E-state index contributed by atoms with van der Waals surface area (Å²) in [6, 6.07) is 3.81. The van der Waals surface area contributed by atoms with Crippen molar-refractivity contribution in [1.82, 2.24) is 0 Å². The lowest BCUT2D eigenvalue weighted by atomic mass is 10.1. The average molecular weight is 315 g/mol. The van der Waals surface area contributed by atoms with Crippen molar-refractivity contribution in [2.75, 3.05) is 5.32 Å². The van der Waals surface area contributed by atoms with E-state index in [1.54, 1.807) is 13.0 Å². The van der Waals surface area contributed by atoms with Gasteiger partial charge >= 0.3 is 0 Å². The molecule has 0 amide bonds. The van der Waals surface area contributed by atoms with Gasteiger partial charge in [0, 0.05) is 27.8 Å². The van der Waals surface area contributed by atoms with Crippen molar-refractivity contribution < 1.29 is 4.92 Å². The van der Waals surface area contributed by atoms with Crippen LogP contribution in [-0.2, 0) is 0 Å². The number of nitro groups is 1. The van der Waals surface area contributed by atoms with E-state index in [2.05, 4.69) is 35.1 Å². The van der Waals surface area contributed by atoms with E-state index < -0.39 is 0 Å². The summed E-state index contributed by atoms with van der Waals surface area (Å²) >= 11 is 3.39. The van der Waals surface area contributed by atoms with Crippen molar-refractivity contribution in [3.05, 3.63) is 32.3 Å². The molecule has 0 aliphatic rings. The zero-order chi connectivity index (χ0) is 13.7. The Kier molecular flexibility index (Phi) is 5.59. The molecule has 100 valence electrons. The van der Waals surface area contributed by atoms with Crippen molar-refractivity contribution in [3.8, 4) is 0 Å². The fourth-order valence-corrected chi connectivity index (χ4v) is 2.37. The van der Waals surface area contributed by atoms with Crippen molar-refractivity contribution in [2.45, 2.75) is 46.1 Å². The first-order valence-electron chi connectivity index (χ1n) is 6.20. The van der Waals surface area contributed by atoms with Crippen LogP contribution in [0.4, 0.5) is 11.4 Å². The van der Waals surface area contributed by atoms with Crippen LogP contribution in [0.2, 0.25) is 0 Å². The monoisotopic (exact) mass is 314 g/mol. The molecule has 1 unspecified atom stereocenters. The molecule has 0 saturated heterocycles. The zero-order valence-electron chi connectivity index (χ0n) is 11.0.